The maximum Gasteiger partial charge on any atom is 0.125 e. The van der Waals surface area contributed by atoms with Gasteiger partial charge in [-0.05, 0) is 19.1 Å². The minimum atomic E-state index is 0.223. The summed E-state index contributed by atoms with van der Waals surface area (Å²) in [6, 6.07) is 4.28. The lowest BCUT2D eigenvalue weighted by molar-refractivity contribution is 0.184. The molecule has 1 aromatic rings. The van der Waals surface area contributed by atoms with Crippen LogP contribution >= 0.6 is 0 Å². The molecule has 1 aromatic heterocycles. The Morgan fingerprint density at radius 1 is 1.47 bits per heavy atom. The molecule has 1 atom stereocenters. The average Bonchev–Trinajstić information content (AvgIpc) is 2.68. The van der Waals surface area contributed by atoms with Crippen LogP contribution in [0.4, 0.5) is 0 Å². The predicted molar refractivity (Wildman–Crippen MR) is 60.8 cm³/mol. The van der Waals surface area contributed by atoms with Crippen LogP contribution in [-0.2, 0) is 0 Å². The fourth-order valence-corrected chi connectivity index (χ4v) is 2.02. The van der Waals surface area contributed by atoms with Gasteiger partial charge >= 0.3 is 0 Å². The molecule has 0 radical (unpaired) electrons. The first-order chi connectivity index (χ1) is 7.31. The van der Waals surface area contributed by atoms with Crippen molar-refractivity contribution >= 4 is 0 Å². The molecule has 1 aliphatic heterocycles. The van der Waals surface area contributed by atoms with Gasteiger partial charge in [-0.2, -0.15) is 0 Å². The highest BCUT2D eigenvalue weighted by molar-refractivity contribution is 5.14. The molecule has 1 aliphatic rings. The summed E-state index contributed by atoms with van der Waals surface area (Å²) in [5.41, 5.74) is 0. The standard InChI is InChI=1S/C12H18N2O/c1-3-11(12-5-4-10(2)15-12)14-8-6-13-7-9-14/h3-5,11,13H,1,6-9H2,2H3/t11-/m0/s1. The first-order valence-corrected chi connectivity index (χ1v) is 5.45. The molecule has 0 bridgehead atoms. The summed E-state index contributed by atoms with van der Waals surface area (Å²) in [5.74, 6) is 1.97. The molecule has 0 saturated carbocycles. The summed E-state index contributed by atoms with van der Waals surface area (Å²) in [7, 11) is 0. The predicted octanol–water partition coefficient (Wildman–Crippen LogP) is 1.72. The van der Waals surface area contributed by atoms with Gasteiger partial charge < -0.3 is 9.73 Å². The van der Waals surface area contributed by atoms with Gasteiger partial charge in [-0.3, -0.25) is 4.90 Å². The quantitative estimate of drug-likeness (QED) is 0.763. The highest BCUT2D eigenvalue weighted by atomic mass is 16.3. The van der Waals surface area contributed by atoms with E-state index in [1.54, 1.807) is 0 Å². The van der Waals surface area contributed by atoms with Gasteiger partial charge in [0.1, 0.15) is 11.5 Å². The second-order valence-corrected chi connectivity index (χ2v) is 3.91. The molecule has 0 amide bonds. The van der Waals surface area contributed by atoms with Crippen LogP contribution in [-0.4, -0.2) is 31.1 Å². The maximum atomic E-state index is 5.66. The Bertz CT molecular complexity index is 326. The van der Waals surface area contributed by atoms with E-state index in [-0.39, 0.29) is 6.04 Å². The van der Waals surface area contributed by atoms with Crippen molar-refractivity contribution in [3.05, 3.63) is 36.3 Å². The van der Waals surface area contributed by atoms with Crippen LogP contribution in [0.2, 0.25) is 0 Å². The van der Waals surface area contributed by atoms with E-state index in [2.05, 4.69) is 16.8 Å². The Morgan fingerprint density at radius 2 is 2.20 bits per heavy atom. The van der Waals surface area contributed by atoms with E-state index in [0.717, 1.165) is 37.7 Å². The van der Waals surface area contributed by atoms with Crippen LogP contribution in [0.3, 0.4) is 0 Å². The van der Waals surface area contributed by atoms with Crippen LogP contribution in [0.1, 0.15) is 17.6 Å². The molecule has 1 fully saturated rings. The van der Waals surface area contributed by atoms with Crippen LogP contribution in [0, 0.1) is 6.92 Å². The third-order valence-electron chi connectivity index (χ3n) is 2.82. The van der Waals surface area contributed by atoms with Gasteiger partial charge in [0.25, 0.3) is 0 Å². The number of rotatable bonds is 3. The molecule has 3 heteroatoms. The zero-order valence-electron chi connectivity index (χ0n) is 9.20. The number of aryl methyl sites for hydroxylation is 1. The van der Waals surface area contributed by atoms with Gasteiger partial charge in [0.2, 0.25) is 0 Å². The van der Waals surface area contributed by atoms with Crippen molar-refractivity contribution in [3.63, 3.8) is 0 Å². The molecule has 2 rings (SSSR count). The van der Waals surface area contributed by atoms with E-state index in [9.17, 15) is 0 Å². The summed E-state index contributed by atoms with van der Waals surface area (Å²) < 4.78 is 5.66. The number of hydrogen-bond acceptors (Lipinski definition) is 3. The smallest absolute Gasteiger partial charge is 0.125 e. The molecule has 15 heavy (non-hydrogen) atoms. The summed E-state index contributed by atoms with van der Waals surface area (Å²) >= 11 is 0. The molecule has 0 spiro atoms. The van der Waals surface area contributed by atoms with E-state index in [4.69, 9.17) is 4.42 Å². The van der Waals surface area contributed by atoms with Gasteiger partial charge in [-0.25, -0.2) is 0 Å². The molecule has 2 heterocycles. The molecule has 1 N–H and O–H groups in total. The normalized spacial score (nSPS) is 20.1. The lowest BCUT2D eigenvalue weighted by Crippen LogP contribution is -2.44. The Balaban J connectivity index is 2.12. The van der Waals surface area contributed by atoms with Crippen molar-refractivity contribution in [2.24, 2.45) is 0 Å². The Hall–Kier alpha value is -1.06. The third-order valence-corrected chi connectivity index (χ3v) is 2.82. The van der Waals surface area contributed by atoms with E-state index in [1.807, 2.05) is 25.1 Å². The lowest BCUT2D eigenvalue weighted by Gasteiger charge is -2.31. The first kappa shape index (κ1) is 10.5. The van der Waals surface area contributed by atoms with Crippen molar-refractivity contribution < 1.29 is 4.42 Å². The molecule has 3 nitrogen and oxygen atoms in total. The van der Waals surface area contributed by atoms with Gasteiger partial charge in [0, 0.05) is 26.2 Å². The number of furan rings is 1. The largest absolute Gasteiger partial charge is 0.464 e. The summed E-state index contributed by atoms with van der Waals surface area (Å²) in [4.78, 5) is 2.39. The molecule has 0 unspecified atom stereocenters. The van der Waals surface area contributed by atoms with Gasteiger partial charge in [0.05, 0.1) is 6.04 Å². The number of nitrogens with zero attached hydrogens (tertiary/aromatic N) is 1. The number of hydrogen-bond donors (Lipinski definition) is 1. The topological polar surface area (TPSA) is 28.4 Å². The van der Waals surface area contributed by atoms with Crippen molar-refractivity contribution in [3.8, 4) is 0 Å². The highest BCUT2D eigenvalue weighted by Crippen LogP contribution is 2.23. The first-order valence-electron chi connectivity index (χ1n) is 5.45. The third kappa shape index (κ3) is 2.30. The maximum absolute atomic E-state index is 5.66. The molecule has 1 saturated heterocycles. The fourth-order valence-electron chi connectivity index (χ4n) is 2.02. The van der Waals surface area contributed by atoms with E-state index in [1.165, 1.54) is 0 Å². The fraction of sp³-hybridized carbons (Fsp3) is 0.500. The van der Waals surface area contributed by atoms with Crippen LogP contribution in [0.25, 0.3) is 0 Å². The lowest BCUT2D eigenvalue weighted by atomic mass is 10.1. The molecule has 0 aromatic carbocycles. The summed E-state index contributed by atoms with van der Waals surface area (Å²) in [6.07, 6.45) is 1.96. The Morgan fingerprint density at radius 3 is 2.73 bits per heavy atom. The minimum Gasteiger partial charge on any atom is -0.464 e. The van der Waals surface area contributed by atoms with Gasteiger partial charge in [-0.1, -0.05) is 6.08 Å². The second-order valence-electron chi connectivity index (χ2n) is 3.91. The summed E-state index contributed by atoms with van der Waals surface area (Å²) in [5, 5.41) is 3.34. The average molecular weight is 206 g/mol. The van der Waals surface area contributed by atoms with Gasteiger partial charge in [0.15, 0.2) is 0 Å². The Labute approximate surface area is 90.8 Å². The summed E-state index contributed by atoms with van der Waals surface area (Å²) in [6.45, 7) is 10.1. The molecule has 82 valence electrons. The minimum absolute atomic E-state index is 0.223. The molecular formula is C12H18N2O. The molecular weight excluding hydrogens is 188 g/mol. The van der Waals surface area contributed by atoms with Crippen molar-refractivity contribution in [2.75, 3.05) is 26.2 Å². The van der Waals surface area contributed by atoms with Crippen LogP contribution in [0.15, 0.2) is 29.2 Å². The SMILES string of the molecule is C=C[C@@H](c1ccc(C)o1)N1CCNCC1. The monoisotopic (exact) mass is 206 g/mol. The zero-order valence-corrected chi connectivity index (χ0v) is 9.20. The second kappa shape index (κ2) is 4.64. The highest BCUT2D eigenvalue weighted by Gasteiger charge is 2.21. The van der Waals surface area contributed by atoms with Crippen LogP contribution in [0.5, 0.6) is 0 Å². The van der Waals surface area contributed by atoms with Crippen molar-refractivity contribution in [2.45, 2.75) is 13.0 Å². The van der Waals surface area contributed by atoms with Crippen molar-refractivity contribution in [1.82, 2.24) is 10.2 Å². The van der Waals surface area contributed by atoms with Crippen LogP contribution < -0.4 is 5.32 Å². The van der Waals surface area contributed by atoms with E-state index < -0.39 is 0 Å². The number of piperazine rings is 1. The molecule has 0 aliphatic carbocycles. The zero-order chi connectivity index (χ0) is 10.7. The number of nitrogens with one attached hydrogen (secondary N) is 1. The van der Waals surface area contributed by atoms with E-state index in [0.29, 0.717) is 0 Å². The van der Waals surface area contributed by atoms with E-state index >= 15 is 0 Å². The Kier molecular flexibility index (Phi) is 3.23. The van der Waals surface area contributed by atoms with Crippen molar-refractivity contribution in [1.29, 1.82) is 0 Å². The van der Waals surface area contributed by atoms with Gasteiger partial charge in [-0.15, -0.1) is 6.58 Å².